The SMILES string of the molecule is CC(C)(C)c1c[nH]c(=O)c2cccc(Cl)c12. The number of pyridine rings is 1. The highest BCUT2D eigenvalue weighted by molar-refractivity contribution is 6.35. The van der Waals surface area contributed by atoms with Crippen LogP contribution in [0.5, 0.6) is 0 Å². The van der Waals surface area contributed by atoms with Gasteiger partial charge in [0.2, 0.25) is 0 Å². The van der Waals surface area contributed by atoms with Gasteiger partial charge in [-0.15, -0.1) is 0 Å². The molecule has 0 unspecified atom stereocenters. The third-order valence-electron chi connectivity index (χ3n) is 2.68. The molecule has 0 radical (unpaired) electrons. The Balaban J connectivity index is 2.98. The van der Waals surface area contributed by atoms with Crippen LogP contribution < -0.4 is 5.56 Å². The predicted octanol–water partition coefficient (Wildman–Crippen LogP) is 3.48. The summed E-state index contributed by atoms with van der Waals surface area (Å²) in [6.45, 7) is 6.30. The molecule has 84 valence electrons. The molecule has 0 atom stereocenters. The van der Waals surface area contributed by atoms with E-state index < -0.39 is 0 Å². The number of nitrogens with one attached hydrogen (secondary N) is 1. The molecular formula is C13H14ClNO. The van der Waals surface area contributed by atoms with E-state index in [2.05, 4.69) is 25.8 Å². The molecule has 1 heterocycles. The van der Waals surface area contributed by atoms with Crippen molar-refractivity contribution in [2.45, 2.75) is 26.2 Å². The second-order valence-corrected chi connectivity index (χ2v) is 5.35. The molecule has 1 aromatic heterocycles. The molecule has 3 heteroatoms. The third kappa shape index (κ3) is 1.74. The van der Waals surface area contributed by atoms with Gasteiger partial charge in [0.15, 0.2) is 0 Å². The van der Waals surface area contributed by atoms with E-state index in [1.165, 1.54) is 0 Å². The maximum Gasteiger partial charge on any atom is 0.255 e. The highest BCUT2D eigenvalue weighted by Crippen LogP contribution is 2.32. The summed E-state index contributed by atoms with van der Waals surface area (Å²) >= 11 is 6.19. The average Bonchev–Trinajstić information content (AvgIpc) is 2.18. The van der Waals surface area contributed by atoms with Gasteiger partial charge in [0.25, 0.3) is 5.56 Å². The van der Waals surface area contributed by atoms with E-state index >= 15 is 0 Å². The minimum Gasteiger partial charge on any atom is -0.328 e. The van der Waals surface area contributed by atoms with E-state index in [-0.39, 0.29) is 11.0 Å². The van der Waals surface area contributed by atoms with Gasteiger partial charge < -0.3 is 4.98 Å². The second-order valence-electron chi connectivity index (χ2n) is 4.94. The van der Waals surface area contributed by atoms with Crippen LogP contribution in [0.3, 0.4) is 0 Å². The van der Waals surface area contributed by atoms with Crippen molar-refractivity contribution in [1.82, 2.24) is 4.98 Å². The van der Waals surface area contributed by atoms with Crippen molar-refractivity contribution >= 4 is 22.4 Å². The average molecular weight is 236 g/mol. The number of hydrogen-bond acceptors (Lipinski definition) is 1. The van der Waals surface area contributed by atoms with Gasteiger partial charge in [0.05, 0.1) is 0 Å². The number of aromatic amines is 1. The first-order valence-corrected chi connectivity index (χ1v) is 5.59. The van der Waals surface area contributed by atoms with Crippen molar-refractivity contribution in [3.05, 3.63) is 45.3 Å². The minimum atomic E-state index is -0.0921. The molecule has 2 nitrogen and oxygen atoms in total. The molecule has 2 aromatic rings. The molecule has 16 heavy (non-hydrogen) atoms. The summed E-state index contributed by atoms with van der Waals surface area (Å²) in [5, 5.41) is 2.15. The number of halogens is 1. The van der Waals surface area contributed by atoms with Gasteiger partial charge in [-0.3, -0.25) is 4.79 Å². The van der Waals surface area contributed by atoms with Crippen molar-refractivity contribution in [2.75, 3.05) is 0 Å². The fraction of sp³-hybridized carbons (Fsp3) is 0.308. The van der Waals surface area contributed by atoms with Crippen molar-refractivity contribution < 1.29 is 0 Å². The van der Waals surface area contributed by atoms with Crippen molar-refractivity contribution in [3.63, 3.8) is 0 Å². The summed E-state index contributed by atoms with van der Waals surface area (Å²) in [7, 11) is 0. The Morgan fingerprint density at radius 2 is 1.94 bits per heavy atom. The van der Waals surface area contributed by atoms with Crippen LogP contribution >= 0.6 is 11.6 Å². The topological polar surface area (TPSA) is 32.9 Å². The summed E-state index contributed by atoms with van der Waals surface area (Å²) in [4.78, 5) is 14.5. The first-order valence-electron chi connectivity index (χ1n) is 5.21. The third-order valence-corrected chi connectivity index (χ3v) is 3.00. The Labute approximate surface area is 99.3 Å². The first kappa shape index (κ1) is 11.2. The molecule has 1 aromatic carbocycles. The van der Waals surface area contributed by atoms with Crippen LogP contribution in [-0.4, -0.2) is 4.98 Å². The second kappa shape index (κ2) is 3.63. The molecular weight excluding hydrogens is 222 g/mol. The molecule has 0 spiro atoms. The molecule has 1 N–H and O–H groups in total. The van der Waals surface area contributed by atoms with Gasteiger partial charge in [-0.25, -0.2) is 0 Å². The van der Waals surface area contributed by atoms with Crippen LogP contribution in [0.15, 0.2) is 29.2 Å². The quantitative estimate of drug-likeness (QED) is 0.745. The maximum absolute atomic E-state index is 11.7. The fourth-order valence-corrected chi connectivity index (χ4v) is 2.14. The zero-order valence-corrected chi connectivity index (χ0v) is 10.4. The molecule has 2 rings (SSSR count). The zero-order chi connectivity index (χ0) is 11.9. The standard InChI is InChI=1S/C13H14ClNO/c1-13(2,3)9-7-15-12(16)8-5-4-6-10(14)11(8)9/h4-7H,1-3H3,(H,15,16). The Bertz CT molecular complexity index is 593. The van der Waals surface area contributed by atoms with Crippen LogP contribution in [0.25, 0.3) is 10.8 Å². The summed E-state index contributed by atoms with van der Waals surface area (Å²) in [6, 6.07) is 5.42. The van der Waals surface area contributed by atoms with Gasteiger partial charge >= 0.3 is 0 Å². The molecule has 0 aliphatic heterocycles. The summed E-state index contributed by atoms with van der Waals surface area (Å²) in [5.41, 5.74) is 0.922. The summed E-state index contributed by atoms with van der Waals surface area (Å²) < 4.78 is 0. The molecule has 0 aliphatic rings. The number of aromatic nitrogens is 1. The van der Waals surface area contributed by atoms with Crippen molar-refractivity contribution in [2.24, 2.45) is 0 Å². The molecule has 0 aliphatic carbocycles. The largest absolute Gasteiger partial charge is 0.328 e. The van der Waals surface area contributed by atoms with E-state index in [4.69, 9.17) is 11.6 Å². The number of hydrogen-bond donors (Lipinski definition) is 1. The maximum atomic E-state index is 11.7. The van der Waals surface area contributed by atoms with E-state index in [0.29, 0.717) is 10.4 Å². The van der Waals surface area contributed by atoms with Gasteiger partial charge in [0.1, 0.15) is 0 Å². The van der Waals surface area contributed by atoms with E-state index in [9.17, 15) is 4.79 Å². The van der Waals surface area contributed by atoms with Crippen LogP contribution in [0.4, 0.5) is 0 Å². The van der Waals surface area contributed by atoms with Crippen molar-refractivity contribution in [3.8, 4) is 0 Å². The van der Waals surface area contributed by atoms with Gasteiger partial charge in [-0.2, -0.15) is 0 Å². The van der Waals surface area contributed by atoms with E-state index in [1.807, 2.05) is 6.07 Å². The monoisotopic (exact) mass is 235 g/mol. The lowest BCUT2D eigenvalue weighted by Gasteiger charge is -2.21. The smallest absolute Gasteiger partial charge is 0.255 e. The number of benzene rings is 1. The lowest BCUT2D eigenvalue weighted by atomic mass is 9.85. The van der Waals surface area contributed by atoms with Crippen LogP contribution in [0.2, 0.25) is 5.02 Å². The lowest BCUT2D eigenvalue weighted by Crippen LogP contribution is -2.16. The lowest BCUT2D eigenvalue weighted by molar-refractivity contribution is 0.593. The summed E-state index contributed by atoms with van der Waals surface area (Å²) in [6.07, 6.45) is 1.76. The Kier molecular flexibility index (Phi) is 2.55. The normalized spacial score (nSPS) is 12.0. The number of rotatable bonds is 0. The van der Waals surface area contributed by atoms with Crippen LogP contribution in [0.1, 0.15) is 26.3 Å². The summed E-state index contributed by atoms with van der Waals surface area (Å²) in [5.74, 6) is 0. The highest BCUT2D eigenvalue weighted by atomic mass is 35.5. The van der Waals surface area contributed by atoms with Gasteiger partial charge in [-0.05, 0) is 23.1 Å². The van der Waals surface area contributed by atoms with Gasteiger partial charge in [-0.1, -0.05) is 38.4 Å². The predicted molar refractivity (Wildman–Crippen MR) is 68.3 cm³/mol. The molecule has 0 fully saturated rings. The zero-order valence-electron chi connectivity index (χ0n) is 9.60. The van der Waals surface area contributed by atoms with Crippen molar-refractivity contribution in [1.29, 1.82) is 0 Å². The molecule has 0 saturated carbocycles. The Morgan fingerprint density at radius 3 is 2.56 bits per heavy atom. The van der Waals surface area contributed by atoms with Crippen LogP contribution in [0, 0.1) is 0 Å². The molecule has 0 saturated heterocycles. The fourth-order valence-electron chi connectivity index (χ4n) is 1.87. The minimum absolute atomic E-state index is 0.0482. The van der Waals surface area contributed by atoms with E-state index in [0.717, 1.165) is 10.9 Å². The van der Waals surface area contributed by atoms with Gasteiger partial charge in [0, 0.05) is 22.0 Å². The Hall–Kier alpha value is -1.28. The number of fused-ring (bicyclic) bond motifs is 1. The Morgan fingerprint density at radius 1 is 1.25 bits per heavy atom. The first-order chi connectivity index (χ1) is 7.41. The molecule has 0 amide bonds. The van der Waals surface area contributed by atoms with E-state index in [1.54, 1.807) is 18.3 Å². The highest BCUT2D eigenvalue weighted by Gasteiger charge is 2.19. The molecule has 0 bridgehead atoms. The number of H-pyrrole nitrogens is 1. The van der Waals surface area contributed by atoms with Crippen LogP contribution in [-0.2, 0) is 5.41 Å².